The summed E-state index contributed by atoms with van der Waals surface area (Å²) in [5, 5.41) is 0. The smallest absolute Gasteiger partial charge is 0.288 e. The van der Waals surface area contributed by atoms with Crippen molar-refractivity contribution in [2.75, 3.05) is 19.3 Å². The number of benzene rings is 1. The minimum absolute atomic E-state index is 0. The molecular formula is C12H16ClFN4O. The zero-order valence-corrected chi connectivity index (χ0v) is 11.5. The normalized spacial score (nSPS) is 22.8. The number of nitrogen functional groups attached to an aromatic ring is 1. The summed E-state index contributed by atoms with van der Waals surface area (Å²) >= 11 is 0. The third kappa shape index (κ3) is 2.63. The number of hydrogen-bond donors (Lipinski definition) is 2. The van der Waals surface area contributed by atoms with Crippen molar-refractivity contribution >= 4 is 29.8 Å². The summed E-state index contributed by atoms with van der Waals surface area (Å²) in [6, 6.07) is 4.29. The van der Waals surface area contributed by atoms with E-state index in [2.05, 4.69) is 4.99 Å². The first-order valence-corrected chi connectivity index (χ1v) is 5.50. The van der Waals surface area contributed by atoms with Crippen molar-refractivity contribution in [2.24, 2.45) is 10.7 Å². The molecule has 7 heteroatoms. The molecule has 0 spiro atoms. The Balaban J connectivity index is 0.00000180. The standard InChI is InChI=1S/C12H15FN4O.ClH/c1-12(6-17(2)11(18)10(15)16-12)8-5-7(14)3-4-9(8)13;/h3-5H,6,14H2,1-2H3,(H2,15,16);1H. The van der Waals surface area contributed by atoms with E-state index >= 15 is 0 Å². The Hall–Kier alpha value is -1.82. The number of halogens is 2. The number of anilines is 1. The van der Waals surface area contributed by atoms with Crippen LogP contribution >= 0.6 is 12.4 Å². The summed E-state index contributed by atoms with van der Waals surface area (Å²) in [6.07, 6.45) is 0. The highest BCUT2D eigenvalue weighted by atomic mass is 35.5. The fourth-order valence-corrected chi connectivity index (χ4v) is 2.18. The first kappa shape index (κ1) is 15.2. The van der Waals surface area contributed by atoms with Crippen LogP contribution in [0.15, 0.2) is 23.2 Å². The topological polar surface area (TPSA) is 84.7 Å². The molecule has 19 heavy (non-hydrogen) atoms. The van der Waals surface area contributed by atoms with Crippen LogP contribution in [-0.4, -0.2) is 30.2 Å². The molecule has 1 aliphatic heterocycles. The third-order valence-electron chi connectivity index (χ3n) is 3.05. The summed E-state index contributed by atoms with van der Waals surface area (Å²) in [4.78, 5) is 17.1. The first-order valence-electron chi connectivity index (χ1n) is 5.50. The van der Waals surface area contributed by atoms with Gasteiger partial charge in [0.25, 0.3) is 5.91 Å². The number of rotatable bonds is 1. The Kier molecular flexibility index (Phi) is 4.05. The monoisotopic (exact) mass is 286 g/mol. The van der Waals surface area contributed by atoms with Crippen LogP contribution in [0.2, 0.25) is 0 Å². The van der Waals surface area contributed by atoms with Crippen molar-refractivity contribution in [3.05, 3.63) is 29.6 Å². The van der Waals surface area contributed by atoms with E-state index in [1.54, 1.807) is 14.0 Å². The minimum atomic E-state index is -0.911. The predicted molar refractivity (Wildman–Crippen MR) is 74.7 cm³/mol. The van der Waals surface area contributed by atoms with Gasteiger partial charge in [-0.15, -0.1) is 12.4 Å². The maximum absolute atomic E-state index is 13.9. The maximum Gasteiger partial charge on any atom is 0.288 e. The van der Waals surface area contributed by atoms with Crippen molar-refractivity contribution in [1.29, 1.82) is 0 Å². The molecule has 1 aromatic carbocycles. The number of likely N-dealkylation sites (N-methyl/N-ethyl adjacent to an activating group) is 1. The van der Waals surface area contributed by atoms with Crippen LogP contribution in [0.3, 0.4) is 0 Å². The van der Waals surface area contributed by atoms with Crippen LogP contribution in [0, 0.1) is 5.82 Å². The van der Waals surface area contributed by atoms with Gasteiger partial charge in [-0.25, -0.2) is 4.39 Å². The lowest BCUT2D eigenvalue weighted by atomic mass is 9.90. The van der Waals surface area contributed by atoms with Crippen LogP contribution in [0.25, 0.3) is 0 Å². The second-order valence-electron chi connectivity index (χ2n) is 4.67. The molecule has 0 radical (unpaired) electrons. The first-order chi connectivity index (χ1) is 8.33. The average Bonchev–Trinajstić information content (AvgIpc) is 2.29. The Morgan fingerprint density at radius 2 is 2.05 bits per heavy atom. The van der Waals surface area contributed by atoms with E-state index in [4.69, 9.17) is 11.5 Å². The number of amides is 1. The fraction of sp³-hybridized carbons (Fsp3) is 0.333. The van der Waals surface area contributed by atoms with Crippen LogP contribution in [0.4, 0.5) is 10.1 Å². The lowest BCUT2D eigenvalue weighted by Gasteiger charge is -2.35. The third-order valence-corrected chi connectivity index (χ3v) is 3.05. The van der Waals surface area contributed by atoms with Gasteiger partial charge in [0.15, 0.2) is 5.84 Å². The lowest BCUT2D eigenvalue weighted by Crippen LogP contribution is -2.50. The molecule has 0 saturated carbocycles. The molecule has 0 aliphatic carbocycles. The van der Waals surface area contributed by atoms with Crippen molar-refractivity contribution in [3.8, 4) is 0 Å². The van der Waals surface area contributed by atoms with E-state index in [9.17, 15) is 9.18 Å². The Bertz CT molecular complexity index is 549. The van der Waals surface area contributed by atoms with Gasteiger partial charge in [-0.3, -0.25) is 9.79 Å². The van der Waals surface area contributed by atoms with Gasteiger partial charge < -0.3 is 16.4 Å². The summed E-state index contributed by atoms with van der Waals surface area (Å²) < 4.78 is 13.9. The van der Waals surface area contributed by atoms with Crippen LogP contribution in [-0.2, 0) is 10.3 Å². The summed E-state index contributed by atoms with van der Waals surface area (Å²) in [5.74, 6) is -0.879. The number of carbonyl (C=O) groups is 1. The minimum Gasteiger partial charge on any atom is -0.399 e. The molecule has 0 bridgehead atoms. The molecular weight excluding hydrogens is 271 g/mol. The van der Waals surface area contributed by atoms with E-state index in [0.717, 1.165) is 0 Å². The summed E-state index contributed by atoms with van der Waals surface area (Å²) in [5.41, 5.74) is 11.1. The van der Waals surface area contributed by atoms with Gasteiger partial charge in [-0.2, -0.15) is 0 Å². The molecule has 1 aliphatic rings. The van der Waals surface area contributed by atoms with Crippen molar-refractivity contribution in [2.45, 2.75) is 12.5 Å². The fourth-order valence-electron chi connectivity index (χ4n) is 2.18. The molecule has 5 nitrogen and oxygen atoms in total. The zero-order valence-electron chi connectivity index (χ0n) is 10.7. The van der Waals surface area contributed by atoms with Gasteiger partial charge in [-0.1, -0.05) is 0 Å². The van der Waals surface area contributed by atoms with Crippen LogP contribution in [0.5, 0.6) is 0 Å². The largest absolute Gasteiger partial charge is 0.399 e. The molecule has 1 unspecified atom stereocenters. The molecule has 1 aromatic rings. The molecule has 2 rings (SSSR count). The Morgan fingerprint density at radius 1 is 1.42 bits per heavy atom. The number of aliphatic imine (C=N–C) groups is 1. The molecule has 1 atom stereocenters. The van der Waals surface area contributed by atoms with Crippen LogP contribution in [0.1, 0.15) is 12.5 Å². The van der Waals surface area contributed by atoms with E-state index in [1.165, 1.54) is 23.1 Å². The van der Waals surface area contributed by atoms with E-state index in [-0.39, 0.29) is 30.7 Å². The van der Waals surface area contributed by atoms with Crippen molar-refractivity contribution < 1.29 is 9.18 Å². The average molecular weight is 287 g/mol. The zero-order chi connectivity index (χ0) is 13.5. The molecule has 4 N–H and O–H groups in total. The van der Waals surface area contributed by atoms with Crippen molar-refractivity contribution in [1.82, 2.24) is 4.90 Å². The van der Waals surface area contributed by atoms with Gasteiger partial charge in [0.1, 0.15) is 11.4 Å². The molecule has 1 amide bonds. The van der Waals surface area contributed by atoms with Crippen LogP contribution < -0.4 is 11.5 Å². The molecule has 0 aromatic heterocycles. The molecule has 1 heterocycles. The van der Waals surface area contributed by atoms with E-state index in [1.807, 2.05) is 0 Å². The van der Waals surface area contributed by atoms with Gasteiger partial charge in [0.05, 0.1) is 6.54 Å². The second kappa shape index (κ2) is 5.05. The molecule has 0 fully saturated rings. The van der Waals surface area contributed by atoms with Gasteiger partial charge in [0.2, 0.25) is 0 Å². The quantitative estimate of drug-likeness (QED) is 0.752. The highest BCUT2D eigenvalue weighted by molar-refractivity contribution is 6.37. The van der Waals surface area contributed by atoms with Gasteiger partial charge >= 0.3 is 0 Å². The molecule has 104 valence electrons. The lowest BCUT2D eigenvalue weighted by molar-refractivity contribution is -0.124. The number of hydrogen-bond acceptors (Lipinski definition) is 4. The van der Waals surface area contributed by atoms with Crippen molar-refractivity contribution in [3.63, 3.8) is 0 Å². The number of amidine groups is 1. The highest BCUT2D eigenvalue weighted by Crippen LogP contribution is 2.32. The summed E-state index contributed by atoms with van der Waals surface area (Å²) in [7, 11) is 1.60. The summed E-state index contributed by atoms with van der Waals surface area (Å²) in [6.45, 7) is 1.98. The number of nitrogens with two attached hydrogens (primary N) is 2. The molecule has 0 saturated heterocycles. The number of nitrogens with zero attached hydrogens (tertiary/aromatic N) is 2. The van der Waals surface area contributed by atoms with E-state index < -0.39 is 11.4 Å². The van der Waals surface area contributed by atoms with Gasteiger partial charge in [-0.05, 0) is 25.1 Å². The maximum atomic E-state index is 13.9. The SMILES string of the molecule is CN1CC(C)(c2cc(N)ccc2F)N=C(N)C1=O.Cl. The second-order valence-corrected chi connectivity index (χ2v) is 4.67. The van der Waals surface area contributed by atoms with E-state index in [0.29, 0.717) is 11.3 Å². The highest BCUT2D eigenvalue weighted by Gasteiger charge is 2.37. The van der Waals surface area contributed by atoms with Gasteiger partial charge in [0, 0.05) is 18.3 Å². The Morgan fingerprint density at radius 3 is 2.63 bits per heavy atom. The Labute approximate surface area is 116 Å². The predicted octanol–water partition coefficient (Wildman–Crippen LogP) is 0.874. The number of carbonyl (C=O) groups excluding carboxylic acids is 1.